The van der Waals surface area contributed by atoms with Crippen LogP contribution < -0.4 is 5.32 Å². The molecule has 2 heterocycles. The Morgan fingerprint density at radius 1 is 0.682 bits per heavy atom. The van der Waals surface area contributed by atoms with Gasteiger partial charge < -0.3 is 10.5 Å². The summed E-state index contributed by atoms with van der Waals surface area (Å²) < 4.78 is 0. The maximum Gasteiger partial charge on any atom is 0.260 e. The normalized spacial score (nSPS) is 15.0. The maximum atomic E-state index is 11.8. The van der Waals surface area contributed by atoms with Crippen molar-refractivity contribution < 1.29 is 14.8 Å². The van der Waals surface area contributed by atoms with Gasteiger partial charge in [0, 0.05) is 24.2 Å². The number of fused-ring (bicyclic) bond motifs is 3. The number of carbonyl (C=O) groups excluding carboxylic acids is 2. The molecule has 6 nitrogen and oxygen atoms in total. The van der Waals surface area contributed by atoms with E-state index >= 15 is 0 Å². The number of rotatable bonds is 1. The Bertz CT molecular complexity index is 1210. The SMILES string of the molecule is C.CC.CC.CC.O/N=C1\CCCc2ccccc21.O=CN1CCCc2ccccc2C1=O.c1ccc2c(c1)CCCNC2. The molecule has 6 heteroatoms. The fraction of sp³-hybridized carbons (Fsp3) is 0.447. The second-order valence-electron chi connectivity index (χ2n) is 9.47. The summed E-state index contributed by atoms with van der Waals surface area (Å²) in [6.45, 7) is 14.7. The lowest BCUT2D eigenvalue weighted by Crippen LogP contribution is -2.29. The smallest absolute Gasteiger partial charge is 0.260 e. The highest BCUT2D eigenvalue weighted by Crippen LogP contribution is 2.21. The molecule has 2 amide bonds. The molecular weight excluding hydrogens is 546 g/mol. The van der Waals surface area contributed by atoms with Crippen molar-refractivity contribution in [1.82, 2.24) is 10.2 Å². The average Bonchev–Trinajstić information content (AvgIpc) is 3.44. The lowest BCUT2D eigenvalue weighted by atomic mass is 9.90. The van der Waals surface area contributed by atoms with Crippen LogP contribution in [0, 0.1) is 0 Å². The predicted octanol–water partition coefficient (Wildman–Crippen LogP) is 8.87. The lowest BCUT2D eigenvalue weighted by molar-refractivity contribution is -0.116. The Labute approximate surface area is 267 Å². The zero-order valence-electron chi connectivity index (χ0n) is 27.2. The van der Waals surface area contributed by atoms with Crippen LogP contribution in [-0.4, -0.2) is 41.2 Å². The standard InChI is InChI=1S/C11H11NO2.C10H11NO.C10H13N.3C2H6.CH4/c13-8-12-7-3-5-9-4-1-2-6-10(9)11(12)14;12-11-10-7-3-5-8-4-1-2-6-9(8)10;1-2-5-10-8-11-7-3-6-9(10)4-1;3*1-2;/h1-2,4,6,8H,3,5,7H2;1-2,4,6,12H,3,5,7H2;1-2,4-5,11H,3,6-8H2;3*1-2H3;1H4/b;11-10+;;;;;. The van der Waals surface area contributed by atoms with Crippen molar-refractivity contribution in [2.24, 2.45) is 5.16 Å². The molecule has 0 unspecified atom stereocenters. The van der Waals surface area contributed by atoms with Crippen molar-refractivity contribution in [3.63, 3.8) is 0 Å². The second kappa shape index (κ2) is 24.6. The minimum Gasteiger partial charge on any atom is -0.411 e. The van der Waals surface area contributed by atoms with E-state index < -0.39 is 0 Å². The molecule has 2 N–H and O–H groups in total. The molecule has 0 atom stereocenters. The van der Waals surface area contributed by atoms with Gasteiger partial charge in [-0.05, 0) is 79.8 Å². The third-order valence-electron chi connectivity index (χ3n) is 7.02. The van der Waals surface area contributed by atoms with Crippen molar-refractivity contribution in [2.45, 2.75) is 100 Å². The van der Waals surface area contributed by atoms with Crippen molar-refractivity contribution in [3.8, 4) is 0 Å². The summed E-state index contributed by atoms with van der Waals surface area (Å²) in [5.41, 5.74) is 7.96. The van der Waals surface area contributed by atoms with Gasteiger partial charge in [-0.25, -0.2) is 0 Å². The molecule has 242 valence electrons. The first-order chi connectivity index (χ1) is 21.2. The lowest BCUT2D eigenvalue weighted by Gasteiger charge is -2.15. The number of imide groups is 1. The van der Waals surface area contributed by atoms with Crippen LogP contribution in [0.1, 0.15) is 113 Å². The number of oxime groups is 1. The van der Waals surface area contributed by atoms with Crippen LogP contribution in [0.4, 0.5) is 0 Å². The summed E-state index contributed by atoms with van der Waals surface area (Å²) in [5.74, 6) is -0.173. The van der Waals surface area contributed by atoms with Gasteiger partial charge in [0.1, 0.15) is 0 Å². The van der Waals surface area contributed by atoms with Crippen LogP contribution in [0.25, 0.3) is 0 Å². The summed E-state index contributed by atoms with van der Waals surface area (Å²) in [6, 6.07) is 24.3. The molecule has 0 bridgehead atoms. The molecular formula is C38H57N3O3. The number of hydrogen-bond donors (Lipinski definition) is 2. The molecule has 0 saturated heterocycles. The number of carbonyl (C=O) groups is 2. The molecule has 3 aromatic carbocycles. The Hall–Kier alpha value is -3.77. The fourth-order valence-electron chi connectivity index (χ4n) is 5.05. The van der Waals surface area contributed by atoms with Gasteiger partial charge in [-0.2, -0.15) is 0 Å². The van der Waals surface area contributed by atoms with E-state index in [1.165, 1.54) is 34.4 Å². The highest BCUT2D eigenvalue weighted by Gasteiger charge is 2.21. The van der Waals surface area contributed by atoms with E-state index in [0.717, 1.165) is 62.0 Å². The van der Waals surface area contributed by atoms with Gasteiger partial charge in [0.2, 0.25) is 6.41 Å². The number of hydrogen-bond acceptors (Lipinski definition) is 5. The summed E-state index contributed by atoms with van der Waals surface area (Å²) in [5, 5.41) is 15.4. The third-order valence-corrected chi connectivity index (χ3v) is 7.02. The van der Waals surface area contributed by atoms with E-state index in [-0.39, 0.29) is 13.3 Å². The summed E-state index contributed by atoms with van der Waals surface area (Å²) >= 11 is 0. The minimum atomic E-state index is -0.173. The molecule has 6 rings (SSSR count). The Morgan fingerprint density at radius 2 is 1.18 bits per heavy atom. The molecule has 0 spiro atoms. The minimum absolute atomic E-state index is 0. The predicted molar refractivity (Wildman–Crippen MR) is 187 cm³/mol. The van der Waals surface area contributed by atoms with Crippen molar-refractivity contribution in [3.05, 3.63) is 106 Å². The van der Waals surface area contributed by atoms with Crippen LogP contribution in [0.3, 0.4) is 0 Å². The first-order valence-electron chi connectivity index (χ1n) is 16.1. The molecule has 3 aliphatic rings. The van der Waals surface area contributed by atoms with Gasteiger partial charge in [0.05, 0.1) is 5.71 Å². The van der Waals surface area contributed by atoms with Gasteiger partial charge in [-0.15, -0.1) is 0 Å². The van der Waals surface area contributed by atoms with Gasteiger partial charge in [-0.3, -0.25) is 14.5 Å². The molecule has 1 aliphatic carbocycles. The van der Waals surface area contributed by atoms with E-state index in [4.69, 9.17) is 5.21 Å². The number of nitrogens with one attached hydrogen (secondary N) is 1. The zero-order chi connectivity index (χ0) is 31.9. The zero-order valence-corrected chi connectivity index (χ0v) is 27.2. The van der Waals surface area contributed by atoms with E-state index in [1.807, 2.05) is 77.9 Å². The maximum absolute atomic E-state index is 11.8. The molecule has 44 heavy (non-hydrogen) atoms. The van der Waals surface area contributed by atoms with Crippen molar-refractivity contribution in [2.75, 3.05) is 13.1 Å². The summed E-state index contributed by atoms with van der Waals surface area (Å²) in [4.78, 5) is 23.6. The van der Waals surface area contributed by atoms with E-state index in [0.29, 0.717) is 18.5 Å². The van der Waals surface area contributed by atoms with Crippen molar-refractivity contribution >= 4 is 18.0 Å². The second-order valence-corrected chi connectivity index (χ2v) is 9.47. The molecule has 0 radical (unpaired) electrons. The largest absolute Gasteiger partial charge is 0.411 e. The number of amides is 2. The Morgan fingerprint density at radius 3 is 1.80 bits per heavy atom. The highest BCUT2D eigenvalue weighted by atomic mass is 16.4. The topological polar surface area (TPSA) is 82.0 Å². The van der Waals surface area contributed by atoms with E-state index in [2.05, 4.69) is 40.8 Å². The number of nitrogens with zero attached hydrogens (tertiary/aromatic N) is 2. The van der Waals surface area contributed by atoms with Crippen LogP contribution in [0.15, 0.2) is 78.0 Å². The number of aryl methyl sites for hydroxylation is 3. The van der Waals surface area contributed by atoms with Crippen LogP contribution in [0.2, 0.25) is 0 Å². The molecule has 0 aromatic heterocycles. The highest BCUT2D eigenvalue weighted by molar-refractivity contribution is 6.02. The monoisotopic (exact) mass is 603 g/mol. The van der Waals surface area contributed by atoms with E-state index in [9.17, 15) is 9.59 Å². The van der Waals surface area contributed by atoms with Gasteiger partial charge >= 0.3 is 0 Å². The van der Waals surface area contributed by atoms with Crippen LogP contribution in [0.5, 0.6) is 0 Å². The fourth-order valence-corrected chi connectivity index (χ4v) is 5.05. The summed E-state index contributed by atoms with van der Waals surface area (Å²) in [6.07, 6.45) is 7.94. The van der Waals surface area contributed by atoms with Gasteiger partial charge in [-0.1, -0.05) is 121 Å². The van der Waals surface area contributed by atoms with Gasteiger partial charge in [0.15, 0.2) is 0 Å². The summed E-state index contributed by atoms with van der Waals surface area (Å²) in [7, 11) is 0. The van der Waals surface area contributed by atoms with E-state index in [1.54, 1.807) is 6.07 Å². The molecule has 2 aliphatic heterocycles. The van der Waals surface area contributed by atoms with Crippen LogP contribution >= 0.6 is 0 Å². The van der Waals surface area contributed by atoms with Crippen molar-refractivity contribution in [1.29, 1.82) is 0 Å². The average molecular weight is 604 g/mol. The van der Waals surface area contributed by atoms with Gasteiger partial charge in [0.25, 0.3) is 5.91 Å². The number of benzene rings is 3. The Balaban J connectivity index is 0.000000577. The third kappa shape index (κ3) is 12.5. The Kier molecular flexibility index (Phi) is 22.5. The quantitative estimate of drug-likeness (QED) is 0.165. The molecule has 0 saturated carbocycles. The first-order valence-corrected chi connectivity index (χ1v) is 16.1. The van der Waals surface area contributed by atoms with Crippen LogP contribution in [-0.2, 0) is 30.6 Å². The molecule has 3 aromatic rings. The molecule has 0 fully saturated rings. The first kappa shape index (κ1) is 40.2.